The van der Waals surface area contributed by atoms with Crippen LogP contribution in [0.1, 0.15) is 31.2 Å². The summed E-state index contributed by atoms with van der Waals surface area (Å²) in [6.45, 7) is 1.90. The maximum atomic E-state index is 13.6. The fraction of sp³-hybridized carbons (Fsp3) is 0.471. The Balaban J connectivity index is 2.46. The van der Waals surface area contributed by atoms with Gasteiger partial charge < -0.3 is 14.0 Å². The molecule has 0 fully saturated rings. The molecule has 0 aliphatic heterocycles. The van der Waals surface area contributed by atoms with E-state index in [2.05, 4.69) is 0 Å². The molecule has 132 valence electrons. The molecule has 0 amide bonds. The van der Waals surface area contributed by atoms with Crippen LogP contribution in [0, 0.1) is 0 Å². The van der Waals surface area contributed by atoms with Crippen LogP contribution < -0.4 is 4.74 Å². The molecule has 1 atom stereocenters. The third-order valence-electron chi connectivity index (χ3n) is 3.84. The number of carbonyl (C=O) groups is 1. The fourth-order valence-corrected chi connectivity index (χ4v) is 2.65. The van der Waals surface area contributed by atoms with Crippen molar-refractivity contribution in [1.29, 1.82) is 0 Å². The maximum absolute atomic E-state index is 13.6. The van der Waals surface area contributed by atoms with Crippen molar-refractivity contribution >= 4 is 16.9 Å². The van der Waals surface area contributed by atoms with Gasteiger partial charge in [-0.25, -0.2) is 0 Å². The SMILES string of the molecule is CCCOC(=O)C[C@@H](c1cn(C)c2ccc(OC)cc12)C(F)(F)F. The van der Waals surface area contributed by atoms with Crippen LogP contribution in [0.15, 0.2) is 24.4 Å². The number of aryl methyl sites for hydroxylation is 1. The van der Waals surface area contributed by atoms with E-state index in [1.165, 1.54) is 13.3 Å². The third-order valence-corrected chi connectivity index (χ3v) is 3.84. The Morgan fingerprint density at radius 2 is 2.04 bits per heavy atom. The van der Waals surface area contributed by atoms with Gasteiger partial charge in [-0.15, -0.1) is 0 Å². The number of hydrogen-bond donors (Lipinski definition) is 0. The van der Waals surface area contributed by atoms with Crippen LogP contribution in [0.4, 0.5) is 13.2 Å². The van der Waals surface area contributed by atoms with Crippen LogP contribution in [-0.4, -0.2) is 30.4 Å². The number of alkyl halides is 3. The molecule has 0 saturated carbocycles. The number of ether oxygens (including phenoxy) is 2. The van der Waals surface area contributed by atoms with Crippen LogP contribution in [-0.2, 0) is 16.6 Å². The van der Waals surface area contributed by atoms with Crippen LogP contribution >= 0.6 is 0 Å². The van der Waals surface area contributed by atoms with E-state index in [9.17, 15) is 18.0 Å². The van der Waals surface area contributed by atoms with E-state index in [4.69, 9.17) is 9.47 Å². The molecule has 0 unspecified atom stereocenters. The topological polar surface area (TPSA) is 40.5 Å². The van der Waals surface area contributed by atoms with E-state index in [0.717, 1.165) is 0 Å². The molecule has 2 rings (SSSR count). The molecule has 0 aliphatic carbocycles. The highest BCUT2D eigenvalue weighted by molar-refractivity contribution is 5.86. The summed E-state index contributed by atoms with van der Waals surface area (Å²) in [4.78, 5) is 11.7. The zero-order valence-electron chi connectivity index (χ0n) is 13.8. The molecule has 1 aromatic heterocycles. The summed E-state index contributed by atoms with van der Waals surface area (Å²) in [5.74, 6) is -2.30. The second kappa shape index (κ2) is 7.15. The third kappa shape index (κ3) is 3.83. The number of methoxy groups -OCH3 is 1. The molecule has 7 heteroatoms. The highest BCUT2D eigenvalue weighted by Gasteiger charge is 2.43. The predicted molar refractivity (Wildman–Crippen MR) is 84.1 cm³/mol. The highest BCUT2D eigenvalue weighted by atomic mass is 19.4. The molecule has 2 aromatic rings. The van der Waals surface area contributed by atoms with Crippen molar-refractivity contribution in [3.63, 3.8) is 0 Å². The Hall–Kier alpha value is -2.18. The monoisotopic (exact) mass is 343 g/mol. The summed E-state index contributed by atoms with van der Waals surface area (Å²) in [7, 11) is 3.12. The van der Waals surface area contributed by atoms with E-state index in [1.807, 2.05) is 0 Å². The number of nitrogens with zero attached hydrogens (tertiary/aromatic N) is 1. The van der Waals surface area contributed by atoms with Crippen molar-refractivity contribution in [1.82, 2.24) is 4.57 Å². The van der Waals surface area contributed by atoms with Gasteiger partial charge in [0.15, 0.2) is 0 Å². The molecule has 0 radical (unpaired) electrons. The van der Waals surface area contributed by atoms with Crippen LogP contribution in [0.5, 0.6) is 5.75 Å². The Bertz CT molecular complexity index is 722. The molecule has 0 spiro atoms. The highest BCUT2D eigenvalue weighted by Crippen LogP contribution is 2.42. The van der Waals surface area contributed by atoms with Crippen molar-refractivity contribution < 1.29 is 27.4 Å². The van der Waals surface area contributed by atoms with Crippen molar-refractivity contribution in [3.8, 4) is 5.75 Å². The maximum Gasteiger partial charge on any atom is 0.396 e. The molecule has 0 N–H and O–H groups in total. The Morgan fingerprint density at radius 1 is 1.33 bits per heavy atom. The van der Waals surface area contributed by atoms with Gasteiger partial charge in [0.05, 0.1) is 26.1 Å². The van der Waals surface area contributed by atoms with Crippen molar-refractivity contribution in [2.24, 2.45) is 7.05 Å². The number of esters is 1. The van der Waals surface area contributed by atoms with Gasteiger partial charge in [-0.3, -0.25) is 4.79 Å². The van der Waals surface area contributed by atoms with Gasteiger partial charge in [0.2, 0.25) is 0 Å². The minimum absolute atomic E-state index is 0.0485. The Kier molecular flexibility index (Phi) is 5.41. The summed E-state index contributed by atoms with van der Waals surface area (Å²) in [6, 6.07) is 4.94. The smallest absolute Gasteiger partial charge is 0.396 e. The lowest BCUT2D eigenvalue weighted by Crippen LogP contribution is -2.24. The Labute approximate surface area is 138 Å². The minimum Gasteiger partial charge on any atom is -0.497 e. The van der Waals surface area contributed by atoms with Gasteiger partial charge in [-0.2, -0.15) is 13.2 Å². The lowest BCUT2D eigenvalue weighted by atomic mass is 9.94. The molecular weight excluding hydrogens is 323 g/mol. The molecule has 1 aromatic carbocycles. The van der Waals surface area contributed by atoms with E-state index >= 15 is 0 Å². The summed E-state index contributed by atoms with van der Waals surface area (Å²) in [5, 5.41) is 0.419. The van der Waals surface area contributed by atoms with Crippen LogP contribution in [0.3, 0.4) is 0 Å². The predicted octanol–water partition coefficient (Wildman–Crippen LogP) is 4.18. The van der Waals surface area contributed by atoms with E-state index in [1.54, 1.807) is 36.7 Å². The second-order valence-electron chi connectivity index (χ2n) is 5.60. The first-order chi connectivity index (χ1) is 11.3. The van der Waals surface area contributed by atoms with Gasteiger partial charge >= 0.3 is 12.1 Å². The number of benzene rings is 1. The van der Waals surface area contributed by atoms with Gasteiger partial charge in [0.1, 0.15) is 5.75 Å². The van der Waals surface area contributed by atoms with Gasteiger partial charge in [-0.1, -0.05) is 6.92 Å². The minimum atomic E-state index is -4.55. The van der Waals surface area contributed by atoms with Crippen molar-refractivity contribution in [2.75, 3.05) is 13.7 Å². The first-order valence-corrected chi connectivity index (χ1v) is 7.63. The number of hydrogen-bond acceptors (Lipinski definition) is 3. The van der Waals surface area contributed by atoms with Crippen molar-refractivity contribution in [3.05, 3.63) is 30.0 Å². The zero-order chi connectivity index (χ0) is 17.9. The fourth-order valence-electron chi connectivity index (χ4n) is 2.65. The molecule has 1 heterocycles. The second-order valence-corrected chi connectivity index (χ2v) is 5.60. The lowest BCUT2D eigenvalue weighted by molar-refractivity contribution is -0.166. The molecular formula is C17H20F3NO3. The average molecular weight is 343 g/mol. The van der Waals surface area contributed by atoms with E-state index in [0.29, 0.717) is 23.1 Å². The molecule has 0 aliphatic rings. The van der Waals surface area contributed by atoms with Crippen LogP contribution in [0.2, 0.25) is 0 Å². The molecule has 0 bridgehead atoms. The van der Waals surface area contributed by atoms with Crippen molar-refractivity contribution in [2.45, 2.75) is 31.9 Å². The molecule has 0 saturated heterocycles. The lowest BCUT2D eigenvalue weighted by Gasteiger charge is -2.19. The number of carbonyl (C=O) groups excluding carboxylic acids is 1. The summed E-state index contributed by atoms with van der Waals surface area (Å²) < 4.78 is 52.2. The largest absolute Gasteiger partial charge is 0.497 e. The standard InChI is InChI=1S/C17H20F3NO3/c1-4-7-24-16(22)9-14(17(18,19)20)13-10-21(2)15-6-5-11(23-3)8-12(13)15/h5-6,8,10,14H,4,7,9H2,1-3H3/t14-/m0/s1. The quantitative estimate of drug-likeness (QED) is 0.739. The summed E-state index contributed by atoms with van der Waals surface area (Å²) in [6.07, 6.45) is -3.31. The average Bonchev–Trinajstić information content (AvgIpc) is 2.85. The van der Waals surface area contributed by atoms with E-state index in [-0.39, 0.29) is 12.2 Å². The first-order valence-electron chi connectivity index (χ1n) is 7.63. The normalized spacial score (nSPS) is 13.1. The summed E-state index contributed by atoms with van der Waals surface area (Å²) in [5.41, 5.74) is 0.689. The number of rotatable bonds is 6. The number of aromatic nitrogens is 1. The number of halogens is 3. The van der Waals surface area contributed by atoms with Gasteiger partial charge in [0.25, 0.3) is 0 Å². The van der Waals surface area contributed by atoms with Gasteiger partial charge in [-0.05, 0) is 30.2 Å². The first kappa shape index (κ1) is 18.2. The molecule has 4 nitrogen and oxygen atoms in total. The zero-order valence-corrected chi connectivity index (χ0v) is 13.8. The van der Waals surface area contributed by atoms with E-state index < -0.39 is 24.5 Å². The van der Waals surface area contributed by atoms with Crippen LogP contribution in [0.25, 0.3) is 10.9 Å². The Morgan fingerprint density at radius 3 is 2.62 bits per heavy atom. The van der Waals surface area contributed by atoms with Gasteiger partial charge in [0, 0.05) is 24.1 Å². The summed E-state index contributed by atoms with van der Waals surface area (Å²) >= 11 is 0. The number of fused-ring (bicyclic) bond motifs is 1. The molecule has 24 heavy (non-hydrogen) atoms.